The lowest BCUT2D eigenvalue weighted by atomic mass is 10.4. The number of sulfonamides is 1. The van der Waals surface area contributed by atoms with E-state index in [0.717, 1.165) is 12.8 Å². The first-order chi connectivity index (χ1) is 7.88. The second kappa shape index (κ2) is 4.47. The van der Waals surface area contributed by atoms with Crippen molar-refractivity contribution in [2.24, 2.45) is 0 Å². The summed E-state index contributed by atoms with van der Waals surface area (Å²) in [5.41, 5.74) is 0. The molecule has 1 heterocycles. The monoisotopic (exact) mass is 283 g/mol. The molecule has 1 saturated heterocycles. The van der Waals surface area contributed by atoms with Crippen molar-refractivity contribution in [1.82, 2.24) is 13.3 Å². The molecular formula is C8H17N3O4S2. The molecule has 0 atom stereocenters. The van der Waals surface area contributed by atoms with E-state index in [9.17, 15) is 16.8 Å². The van der Waals surface area contributed by atoms with E-state index < -0.39 is 20.2 Å². The second-order valence-electron chi connectivity index (χ2n) is 4.25. The first-order valence-electron chi connectivity index (χ1n) is 5.55. The van der Waals surface area contributed by atoms with Crippen molar-refractivity contribution in [1.29, 1.82) is 0 Å². The molecule has 0 spiro atoms. The maximum Gasteiger partial charge on any atom is 0.279 e. The summed E-state index contributed by atoms with van der Waals surface area (Å²) in [5, 5.41) is -0.227. The molecule has 2 rings (SSSR count). The number of piperazine rings is 1. The quantitative estimate of drug-likeness (QED) is 0.684. The Morgan fingerprint density at radius 3 is 1.82 bits per heavy atom. The summed E-state index contributed by atoms with van der Waals surface area (Å²) in [7, 11) is -5.26. The molecule has 1 N–H and O–H groups in total. The van der Waals surface area contributed by atoms with Crippen LogP contribution in [0.4, 0.5) is 0 Å². The molecule has 1 saturated carbocycles. The highest BCUT2D eigenvalue weighted by Gasteiger charge is 2.41. The second-order valence-corrected chi connectivity index (χ2v) is 8.34. The van der Waals surface area contributed by atoms with Gasteiger partial charge in [0.2, 0.25) is 10.0 Å². The zero-order chi connectivity index (χ0) is 12.7. The largest absolute Gasteiger partial charge is 0.279 e. The van der Waals surface area contributed by atoms with Gasteiger partial charge < -0.3 is 0 Å². The Morgan fingerprint density at radius 2 is 1.41 bits per heavy atom. The fourth-order valence-corrected chi connectivity index (χ4v) is 4.60. The Hall–Kier alpha value is -0.220. The van der Waals surface area contributed by atoms with E-state index in [1.54, 1.807) is 0 Å². The minimum absolute atomic E-state index is 0.217. The Kier molecular flexibility index (Phi) is 3.47. The molecule has 2 fully saturated rings. The van der Waals surface area contributed by atoms with E-state index in [0.29, 0.717) is 0 Å². The van der Waals surface area contributed by atoms with E-state index in [1.807, 2.05) is 0 Å². The van der Waals surface area contributed by atoms with Gasteiger partial charge in [-0.3, -0.25) is 0 Å². The van der Waals surface area contributed by atoms with Crippen LogP contribution in [0.5, 0.6) is 0 Å². The first kappa shape index (κ1) is 13.2. The molecule has 100 valence electrons. The molecule has 0 aromatic heterocycles. The van der Waals surface area contributed by atoms with Crippen LogP contribution in [-0.2, 0) is 20.2 Å². The molecule has 0 amide bonds. The van der Waals surface area contributed by atoms with E-state index in [-0.39, 0.29) is 31.4 Å². The third kappa shape index (κ3) is 2.63. The van der Waals surface area contributed by atoms with Crippen LogP contribution in [-0.4, -0.2) is 63.9 Å². The maximum atomic E-state index is 11.9. The smallest absolute Gasteiger partial charge is 0.212 e. The van der Waals surface area contributed by atoms with Crippen molar-refractivity contribution in [2.75, 3.05) is 33.2 Å². The third-order valence-electron chi connectivity index (χ3n) is 3.10. The minimum Gasteiger partial charge on any atom is -0.212 e. The highest BCUT2D eigenvalue weighted by molar-refractivity contribution is 7.90. The van der Waals surface area contributed by atoms with Gasteiger partial charge in [-0.25, -0.2) is 13.1 Å². The summed E-state index contributed by atoms with van der Waals surface area (Å²) in [6, 6.07) is 0. The van der Waals surface area contributed by atoms with Gasteiger partial charge >= 0.3 is 0 Å². The number of nitrogens with one attached hydrogen (secondary N) is 1. The zero-order valence-electron chi connectivity index (χ0n) is 9.66. The van der Waals surface area contributed by atoms with Crippen LogP contribution in [0.3, 0.4) is 0 Å². The summed E-state index contributed by atoms with van der Waals surface area (Å²) >= 11 is 0. The van der Waals surface area contributed by atoms with Gasteiger partial charge in [0.15, 0.2) is 0 Å². The van der Waals surface area contributed by atoms with Crippen LogP contribution in [0.2, 0.25) is 0 Å². The maximum absolute atomic E-state index is 11.9. The lowest BCUT2D eigenvalue weighted by molar-refractivity contribution is 0.271. The number of nitrogens with zero attached hydrogens (tertiary/aromatic N) is 2. The van der Waals surface area contributed by atoms with Gasteiger partial charge in [-0.2, -0.15) is 17.0 Å². The van der Waals surface area contributed by atoms with Crippen LogP contribution in [0.15, 0.2) is 0 Å². The molecule has 1 aliphatic carbocycles. The van der Waals surface area contributed by atoms with Crippen molar-refractivity contribution in [3.8, 4) is 0 Å². The molecule has 0 aromatic carbocycles. The minimum atomic E-state index is -3.43. The van der Waals surface area contributed by atoms with Gasteiger partial charge in [0.25, 0.3) is 10.2 Å². The lowest BCUT2D eigenvalue weighted by Crippen LogP contribution is -2.53. The van der Waals surface area contributed by atoms with Crippen LogP contribution in [0.25, 0.3) is 0 Å². The Labute approximate surface area is 102 Å². The third-order valence-corrected chi connectivity index (χ3v) is 7.06. The zero-order valence-corrected chi connectivity index (χ0v) is 11.3. The van der Waals surface area contributed by atoms with E-state index in [2.05, 4.69) is 4.72 Å². The van der Waals surface area contributed by atoms with Crippen LogP contribution in [0, 0.1) is 0 Å². The molecule has 0 radical (unpaired) electrons. The average Bonchev–Trinajstić information content (AvgIpc) is 3.13. The highest BCUT2D eigenvalue weighted by atomic mass is 32.2. The van der Waals surface area contributed by atoms with Gasteiger partial charge in [0, 0.05) is 33.2 Å². The molecule has 0 aromatic rings. The molecule has 17 heavy (non-hydrogen) atoms. The predicted octanol–water partition coefficient (Wildman–Crippen LogP) is -1.44. The van der Waals surface area contributed by atoms with Gasteiger partial charge in [-0.05, 0) is 12.8 Å². The fraction of sp³-hybridized carbons (Fsp3) is 1.00. The van der Waals surface area contributed by atoms with Crippen molar-refractivity contribution < 1.29 is 16.8 Å². The predicted molar refractivity (Wildman–Crippen MR) is 63.1 cm³/mol. The highest BCUT2D eigenvalue weighted by Crippen LogP contribution is 2.31. The number of hydrogen-bond acceptors (Lipinski definition) is 4. The summed E-state index contributed by atoms with van der Waals surface area (Å²) < 4.78 is 51.7. The van der Waals surface area contributed by atoms with Gasteiger partial charge in [-0.15, -0.1) is 0 Å². The summed E-state index contributed by atoms with van der Waals surface area (Å²) in [4.78, 5) is 0. The Balaban J connectivity index is 1.99. The number of hydrogen-bond donors (Lipinski definition) is 1. The molecular weight excluding hydrogens is 266 g/mol. The Bertz CT molecular complexity index is 475. The lowest BCUT2D eigenvalue weighted by Gasteiger charge is -2.32. The summed E-state index contributed by atoms with van der Waals surface area (Å²) in [6.07, 6.45) is 1.47. The molecule has 7 nitrogen and oxygen atoms in total. The number of rotatable bonds is 4. The normalized spacial score (nSPS) is 25.0. The summed E-state index contributed by atoms with van der Waals surface area (Å²) in [5.74, 6) is 0. The molecule has 0 bridgehead atoms. The van der Waals surface area contributed by atoms with E-state index in [1.165, 1.54) is 15.7 Å². The standard InChI is InChI=1S/C8H17N3O4S2/c1-9-17(14,15)11-6-4-10(5-7-11)16(12,13)8-2-3-8/h8-9H,2-7H2,1H3. The molecule has 2 aliphatic rings. The first-order valence-corrected chi connectivity index (χ1v) is 8.50. The molecule has 0 unspecified atom stereocenters. The van der Waals surface area contributed by atoms with E-state index in [4.69, 9.17) is 0 Å². The topological polar surface area (TPSA) is 86.8 Å². The molecule has 1 aliphatic heterocycles. The van der Waals surface area contributed by atoms with Crippen LogP contribution < -0.4 is 4.72 Å². The van der Waals surface area contributed by atoms with Crippen molar-refractivity contribution in [2.45, 2.75) is 18.1 Å². The fourth-order valence-electron chi connectivity index (χ4n) is 1.87. The SMILES string of the molecule is CNS(=O)(=O)N1CCN(S(=O)(=O)C2CC2)CC1. The van der Waals surface area contributed by atoms with Crippen LogP contribution in [0.1, 0.15) is 12.8 Å². The van der Waals surface area contributed by atoms with Gasteiger partial charge in [0.1, 0.15) is 0 Å². The van der Waals surface area contributed by atoms with E-state index >= 15 is 0 Å². The van der Waals surface area contributed by atoms with Crippen LogP contribution >= 0.6 is 0 Å². The Morgan fingerprint density at radius 1 is 0.941 bits per heavy atom. The molecule has 9 heteroatoms. The van der Waals surface area contributed by atoms with Gasteiger partial charge in [0.05, 0.1) is 5.25 Å². The van der Waals surface area contributed by atoms with Gasteiger partial charge in [-0.1, -0.05) is 0 Å². The average molecular weight is 283 g/mol. The van der Waals surface area contributed by atoms with Crippen molar-refractivity contribution >= 4 is 20.2 Å². The van der Waals surface area contributed by atoms with Crippen molar-refractivity contribution in [3.05, 3.63) is 0 Å². The summed E-state index contributed by atoms with van der Waals surface area (Å²) in [6.45, 7) is 0.934. The van der Waals surface area contributed by atoms with Crippen molar-refractivity contribution in [3.63, 3.8) is 0 Å².